The molecule has 2 rings (SSSR count). The normalized spacial score (nSPS) is 23.1. The highest BCUT2D eigenvalue weighted by molar-refractivity contribution is 7.53. The molecule has 0 aromatic heterocycles. The Labute approximate surface area is 102 Å². The fourth-order valence-electron chi connectivity index (χ4n) is 1.88. The molecule has 0 saturated carbocycles. The van der Waals surface area contributed by atoms with Crippen LogP contribution in [-0.2, 0) is 15.7 Å². The van der Waals surface area contributed by atoms with E-state index in [0.717, 1.165) is 22.6 Å². The van der Waals surface area contributed by atoms with E-state index in [2.05, 4.69) is 19.2 Å². The number of hydrogen-bond acceptors (Lipinski definition) is 4. The quantitative estimate of drug-likeness (QED) is 0.820. The Morgan fingerprint density at radius 2 is 2.12 bits per heavy atom. The highest BCUT2D eigenvalue weighted by Crippen LogP contribution is 2.53. The Bertz CT molecular complexity index is 485. The summed E-state index contributed by atoms with van der Waals surface area (Å²) in [5, 5.41) is 3.11. The summed E-state index contributed by atoms with van der Waals surface area (Å²) in [5.41, 5.74) is 3.04. The summed E-state index contributed by atoms with van der Waals surface area (Å²) in [6, 6.07) is 4.01. The first-order valence-electron chi connectivity index (χ1n) is 5.69. The minimum Gasteiger partial charge on any atom is -0.424 e. The molecule has 0 spiro atoms. The van der Waals surface area contributed by atoms with Crippen LogP contribution in [0.5, 0.6) is 5.75 Å². The van der Waals surface area contributed by atoms with E-state index in [4.69, 9.17) is 9.05 Å². The number of anilines is 1. The Kier molecular flexibility index (Phi) is 3.19. The van der Waals surface area contributed by atoms with E-state index >= 15 is 0 Å². The molecule has 1 atom stereocenters. The smallest absolute Gasteiger partial charge is 0.376 e. The van der Waals surface area contributed by atoms with Gasteiger partial charge in [0, 0.05) is 25.0 Å². The molecule has 1 unspecified atom stereocenters. The van der Waals surface area contributed by atoms with Crippen molar-refractivity contribution >= 4 is 13.3 Å². The number of hydrogen-bond donors (Lipinski definition) is 1. The van der Waals surface area contributed by atoms with Crippen LogP contribution in [0.2, 0.25) is 0 Å². The van der Waals surface area contributed by atoms with Crippen molar-refractivity contribution in [1.29, 1.82) is 0 Å². The van der Waals surface area contributed by atoms with Gasteiger partial charge in [-0.3, -0.25) is 4.52 Å². The van der Waals surface area contributed by atoms with Crippen LogP contribution in [0.3, 0.4) is 0 Å². The molecule has 94 valence electrons. The predicted octanol–water partition coefficient (Wildman–Crippen LogP) is 3.58. The highest BCUT2D eigenvalue weighted by atomic mass is 31.2. The number of rotatable bonds is 2. The third-order valence-corrected chi connectivity index (χ3v) is 3.93. The second-order valence-electron chi connectivity index (χ2n) is 4.59. The van der Waals surface area contributed by atoms with Gasteiger partial charge in [0.05, 0.1) is 6.61 Å². The molecule has 0 bridgehead atoms. The van der Waals surface area contributed by atoms with Crippen LogP contribution in [0.4, 0.5) is 5.69 Å². The van der Waals surface area contributed by atoms with Gasteiger partial charge in [-0.05, 0) is 23.6 Å². The molecule has 0 fully saturated rings. The van der Waals surface area contributed by atoms with Crippen molar-refractivity contribution in [1.82, 2.24) is 0 Å². The Morgan fingerprint density at radius 3 is 2.71 bits per heavy atom. The van der Waals surface area contributed by atoms with Gasteiger partial charge in [-0.15, -0.1) is 0 Å². The lowest BCUT2D eigenvalue weighted by Gasteiger charge is -2.27. The van der Waals surface area contributed by atoms with E-state index in [1.165, 1.54) is 6.66 Å². The minimum atomic E-state index is -2.93. The zero-order chi connectivity index (χ0) is 12.6. The Morgan fingerprint density at radius 1 is 1.41 bits per heavy atom. The molecule has 1 aliphatic heterocycles. The van der Waals surface area contributed by atoms with E-state index < -0.39 is 7.60 Å². The van der Waals surface area contributed by atoms with E-state index in [1.54, 1.807) is 0 Å². The zero-order valence-corrected chi connectivity index (χ0v) is 11.5. The average Bonchev–Trinajstić information content (AvgIpc) is 2.26. The largest absolute Gasteiger partial charge is 0.424 e. The van der Waals surface area contributed by atoms with Crippen LogP contribution in [-0.4, -0.2) is 13.7 Å². The molecule has 0 saturated heterocycles. The minimum absolute atomic E-state index is 0.315. The maximum Gasteiger partial charge on any atom is 0.376 e. The summed E-state index contributed by atoms with van der Waals surface area (Å²) in [5.74, 6) is 1.05. The van der Waals surface area contributed by atoms with Gasteiger partial charge in [0.15, 0.2) is 0 Å². The van der Waals surface area contributed by atoms with Gasteiger partial charge in [-0.1, -0.05) is 13.8 Å². The molecular weight excluding hydrogens is 237 g/mol. The van der Waals surface area contributed by atoms with Gasteiger partial charge in [0.25, 0.3) is 0 Å². The van der Waals surface area contributed by atoms with Crippen LogP contribution in [0.25, 0.3) is 0 Å². The molecule has 1 N–H and O–H groups in total. The van der Waals surface area contributed by atoms with Crippen molar-refractivity contribution in [2.75, 3.05) is 19.0 Å². The first-order valence-corrected chi connectivity index (χ1v) is 7.68. The van der Waals surface area contributed by atoms with Crippen LogP contribution < -0.4 is 9.84 Å². The third-order valence-electron chi connectivity index (χ3n) is 2.82. The molecule has 0 radical (unpaired) electrons. The summed E-state index contributed by atoms with van der Waals surface area (Å²) >= 11 is 0. The molecule has 0 aliphatic carbocycles. The molecule has 17 heavy (non-hydrogen) atoms. The molecule has 1 aromatic rings. The van der Waals surface area contributed by atoms with Gasteiger partial charge >= 0.3 is 7.60 Å². The van der Waals surface area contributed by atoms with Crippen molar-refractivity contribution < 1.29 is 13.6 Å². The maximum atomic E-state index is 11.9. The fourth-order valence-corrected chi connectivity index (χ4v) is 2.86. The lowest BCUT2D eigenvalue weighted by Crippen LogP contribution is -2.10. The van der Waals surface area contributed by atoms with E-state index in [0.29, 0.717) is 12.5 Å². The first-order chi connectivity index (χ1) is 7.93. The topological polar surface area (TPSA) is 47.6 Å². The van der Waals surface area contributed by atoms with Crippen LogP contribution in [0, 0.1) is 0 Å². The van der Waals surface area contributed by atoms with Crippen molar-refractivity contribution in [2.24, 2.45) is 0 Å². The van der Waals surface area contributed by atoms with Crippen LogP contribution in [0.15, 0.2) is 12.1 Å². The Hall–Kier alpha value is -0.990. The summed E-state index contributed by atoms with van der Waals surface area (Å²) in [6.07, 6.45) is 0. The van der Waals surface area contributed by atoms with Crippen molar-refractivity contribution in [3.05, 3.63) is 23.3 Å². The lowest BCUT2D eigenvalue weighted by molar-refractivity contribution is 0.235. The van der Waals surface area contributed by atoms with Crippen molar-refractivity contribution in [3.8, 4) is 5.75 Å². The molecule has 1 aliphatic rings. The second-order valence-corrected chi connectivity index (χ2v) is 6.58. The van der Waals surface area contributed by atoms with E-state index in [-0.39, 0.29) is 0 Å². The van der Waals surface area contributed by atoms with Gasteiger partial charge in [-0.2, -0.15) is 0 Å². The molecule has 4 nitrogen and oxygen atoms in total. The molecular formula is C12H18NO3P. The molecule has 5 heteroatoms. The summed E-state index contributed by atoms with van der Waals surface area (Å²) in [6.45, 7) is 6.04. The van der Waals surface area contributed by atoms with E-state index in [9.17, 15) is 4.57 Å². The number of nitrogens with one attached hydrogen (secondary N) is 1. The zero-order valence-electron chi connectivity index (χ0n) is 10.6. The average molecular weight is 255 g/mol. The van der Waals surface area contributed by atoms with Gasteiger partial charge in [-0.25, -0.2) is 4.57 Å². The van der Waals surface area contributed by atoms with Gasteiger partial charge < -0.3 is 9.84 Å². The molecule has 1 aromatic carbocycles. The third kappa shape index (κ3) is 2.48. The summed E-state index contributed by atoms with van der Waals surface area (Å²) < 4.78 is 22.6. The Balaban J connectivity index is 2.55. The van der Waals surface area contributed by atoms with E-state index in [1.807, 2.05) is 19.2 Å². The maximum absolute atomic E-state index is 11.9. The molecule has 0 amide bonds. The highest BCUT2D eigenvalue weighted by Gasteiger charge is 2.29. The summed E-state index contributed by atoms with van der Waals surface area (Å²) in [4.78, 5) is 0. The van der Waals surface area contributed by atoms with Crippen molar-refractivity contribution in [3.63, 3.8) is 0 Å². The number of benzene rings is 1. The first kappa shape index (κ1) is 12.5. The van der Waals surface area contributed by atoms with Crippen molar-refractivity contribution in [2.45, 2.75) is 26.4 Å². The SMILES string of the molecule is CNc1cc2c(c(C(C)C)c1)OP(C)(=O)OC2. The molecule has 1 heterocycles. The van der Waals surface area contributed by atoms with Crippen LogP contribution in [0.1, 0.15) is 30.9 Å². The van der Waals surface area contributed by atoms with Gasteiger partial charge in [0.2, 0.25) is 0 Å². The number of fused-ring (bicyclic) bond motifs is 1. The fraction of sp³-hybridized carbons (Fsp3) is 0.500. The van der Waals surface area contributed by atoms with Gasteiger partial charge in [0.1, 0.15) is 5.75 Å². The van der Waals surface area contributed by atoms with Crippen LogP contribution >= 0.6 is 7.60 Å². The monoisotopic (exact) mass is 255 g/mol. The predicted molar refractivity (Wildman–Crippen MR) is 69.0 cm³/mol. The standard InChI is InChI=1S/C12H18NO3P/c1-8(2)11-6-10(13-3)5-9-7-15-17(4,14)16-12(9)11/h5-6,8,13H,7H2,1-4H3. The lowest BCUT2D eigenvalue weighted by atomic mass is 9.98. The second kappa shape index (κ2) is 4.35. The summed E-state index contributed by atoms with van der Waals surface area (Å²) in [7, 11) is -1.05.